The maximum Gasteiger partial charge on any atom is 0.208 e. The highest BCUT2D eigenvalue weighted by atomic mass is 32.1. The molecule has 4 nitrogen and oxygen atoms in total. The number of aromatic nitrogens is 2. The number of hydrogen-bond donors (Lipinski definition) is 0. The Morgan fingerprint density at radius 1 is 1.12 bits per heavy atom. The summed E-state index contributed by atoms with van der Waals surface area (Å²) < 4.78 is 0. The van der Waals surface area contributed by atoms with Gasteiger partial charge in [-0.15, -0.1) is 10.2 Å². The highest BCUT2D eigenvalue weighted by molar-refractivity contribution is 7.13. The molecule has 1 aromatic carbocycles. The summed E-state index contributed by atoms with van der Waals surface area (Å²) in [4.78, 5) is 5.11. The van der Waals surface area contributed by atoms with Gasteiger partial charge in [-0.25, -0.2) is 0 Å². The van der Waals surface area contributed by atoms with E-state index in [9.17, 15) is 0 Å². The van der Waals surface area contributed by atoms with E-state index in [1.54, 1.807) is 11.3 Å². The Hall–Kier alpha value is -1.46. The molecule has 0 N–H and O–H groups in total. The van der Waals surface area contributed by atoms with Crippen molar-refractivity contribution < 1.29 is 0 Å². The van der Waals surface area contributed by atoms with E-state index >= 15 is 0 Å². The van der Waals surface area contributed by atoms with Crippen LogP contribution in [0, 0.1) is 5.41 Å². The molecule has 1 atom stereocenters. The Balaban J connectivity index is 1.38. The van der Waals surface area contributed by atoms with Crippen molar-refractivity contribution in [3.63, 3.8) is 0 Å². The standard InChI is InChI=1S/C20H28N4S/c1-16(2)18-6-4-17(5-7-18)12-23-11-9-20(13-23)8-3-10-24(14-20)19-22-21-15-25-19/h4-7,15-16H,3,8-14H2,1-2H3/t20-/m1/s1. The first-order valence-corrected chi connectivity index (χ1v) is 10.3. The number of piperidine rings is 1. The largest absolute Gasteiger partial charge is 0.346 e. The molecule has 0 aliphatic carbocycles. The summed E-state index contributed by atoms with van der Waals surface area (Å²) >= 11 is 1.67. The fourth-order valence-corrected chi connectivity index (χ4v) is 5.03. The van der Waals surface area contributed by atoms with E-state index < -0.39 is 0 Å². The van der Waals surface area contributed by atoms with Crippen molar-refractivity contribution in [2.45, 2.75) is 45.6 Å². The molecule has 2 fully saturated rings. The quantitative estimate of drug-likeness (QED) is 0.824. The van der Waals surface area contributed by atoms with Gasteiger partial charge in [-0.3, -0.25) is 4.90 Å². The monoisotopic (exact) mass is 356 g/mol. The van der Waals surface area contributed by atoms with Gasteiger partial charge in [-0.2, -0.15) is 0 Å². The van der Waals surface area contributed by atoms with Crippen molar-refractivity contribution >= 4 is 16.5 Å². The van der Waals surface area contributed by atoms with Crippen LogP contribution >= 0.6 is 11.3 Å². The topological polar surface area (TPSA) is 32.3 Å². The average Bonchev–Trinajstić information content (AvgIpc) is 3.26. The molecule has 2 aliphatic heterocycles. The van der Waals surface area contributed by atoms with Crippen LogP contribution in [0.4, 0.5) is 5.13 Å². The zero-order chi connectivity index (χ0) is 17.3. The summed E-state index contributed by atoms with van der Waals surface area (Å²) in [5.74, 6) is 0.609. The predicted molar refractivity (Wildman–Crippen MR) is 104 cm³/mol. The van der Waals surface area contributed by atoms with Gasteiger partial charge in [-0.1, -0.05) is 49.4 Å². The number of anilines is 1. The molecule has 25 heavy (non-hydrogen) atoms. The number of nitrogens with zero attached hydrogens (tertiary/aromatic N) is 4. The van der Waals surface area contributed by atoms with Crippen molar-refractivity contribution in [3.8, 4) is 0 Å². The van der Waals surface area contributed by atoms with Gasteiger partial charge in [0.15, 0.2) is 0 Å². The molecule has 0 radical (unpaired) electrons. The first-order valence-electron chi connectivity index (χ1n) is 9.46. The van der Waals surface area contributed by atoms with Gasteiger partial charge in [0.25, 0.3) is 0 Å². The highest BCUT2D eigenvalue weighted by Gasteiger charge is 2.41. The molecule has 1 aromatic heterocycles. The van der Waals surface area contributed by atoms with Crippen LogP contribution in [0.25, 0.3) is 0 Å². The normalized spacial score (nSPS) is 24.5. The summed E-state index contributed by atoms with van der Waals surface area (Å²) in [5, 5.41) is 9.40. The van der Waals surface area contributed by atoms with Gasteiger partial charge < -0.3 is 4.90 Å². The minimum absolute atomic E-state index is 0.446. The Morgan fingerprint density at radius 3 is 2.68 bits per heavy atom. The average molecular weight is 357 g/mol. The second-order valence-corrected chi connectivity index (χ2v) is 8.92. The first-order chi connectivity index (χ1) is 12.1. The number of likely N-dealkylation sites (tertiary alicyclic amines) is 1. The van der Waals surface area contributed by atoms with E-state index in [0.29, 0.717) is 11.3 Å². The van der Waals surface area contributed by atoms with Gasteiger partial charge in [0.1, 0.15) is 5.51 Å². The van der Waals surface area contributed by atoms with Crippen LogP contribution in [0.2, 0.25) is 0 Å². The summed E-state index contributed by atoms with van der Waals surface area (Å²) in [6.45, 7) is 10.3. The van der Waals surface area contributed by atoms with Gasteiger partial charge in [-0.05, 0) is 42.9 Å². The van der Waals surface area contributed by atoms with E-state index in [1.165, 1.54) is 43.5 Å². The minimum atomic E-state index is 0.446. The zero-order valence-corrected chi connectivity index (χ0v) is 16.1. The third-order valence-electron chi connectivity index (χ3n) is 5.85. The van der Waals surface area contributed by atoms with Gasteiger partial charge in [0.2, 0.25) is 5.13 Å². The third-order valence-corrected chi connectivity index (χ3v) is 6.60. The van der Waals surface area contributed by atoms with Crippen molar-refractivity contribution in [2.24, 2.45) is 5.41 Å². The Kier molecular flexibility index (Phi) is 4.78. The SMILES string of the molecule is CC(C)c1ccc(CN2CC[C@]3(CCCN(c4nncs4)C3)C2)cc1. The number of benzene rings is 1. The molecule has 3 heterocycles. The van der Waals surface area contributed by atoms with Crippen molar-refractivity contribution in [1.82, 2.24) is 15.1 Å². The molecule has 2 aromatic rings. The van der Waals surface area contributed by atoms with Gasteiger partial charge in [0, 0.05) is 31.6 Å². The third kappa shape index (κ3) is 3.72. The van der Waals surface area contributed by atoms with Crippen molar-refractivity contribution in [2.75, 3.05) is 31.1 Å². The van der Waals surface area contributed by atoms with Crippen LogP contribution in [-0.2, 0) is 6.54 Å². The minimum Gasteiger partial charge on any atom is -0.346 e. The van der Waals surface area contributed by atoms with Crippen molar-refractivity contribution in [1.29, 1.82) is 0 Å². The zero-order valence-electron chi connectivity index (χ0n) is 15.3. The summed E-state index contributed by atoms with van der Waals surface area (Å²) in [7, 11) is 0. The second-order valence-electron chi connectivity index (χ2n) is 8.10. The Bertz CT molecular complexity index is 682. The van der Waals surface area contributed by atoms with Crippen LogP contribution in [0.5, 0.6) is 0 Å². The lowest BCUT2D eigenvalue weighted by Gasteiger charge is -2.40. The molecule has 5 heteroatoms. The molecule has 4 rings (SSSR count). The van der Waals surface area contributed by atoms with Crippen molar-refractivity contribution in [3.05, 3.63) is 40.9 Å². The lowest BCUT2D eigenvalue weighted by atomic mass is 9.79. The molecule has 2 saturated heterocycles. The Morgan fingerprint density at radius 2 is 1.96 bits per heavy atom. The van der Waals surface area contributed by atoms with E-state index in [4.69, 9.17) is 0 Å². The van der Waals surface area contributed by atoms with Gasteiger partial charge in [0.05, 0.1) is 0 Å². The van der Waals surface area contributed by atoms with E-state index in [2.05, 4.69) is 58.1 Å². The first kappa shape index (κ1) is 17.0. The molecule has 0 saturated carbocycles. The fraction of sp³-hybridized carbons (Fsp3) is 0.600. The lowest BCUT2D eigenvalue weighted by Crippen LogP contribution is -2.44. The predicted octanol–water partition coefficient (Wildman–Crippen LogP) is 4.15. The van der Waals surface area contributed by atoms with E-state index in [-0.39, 0.29) is 0 Å². The Labute approximate surface area is 154 Å². The van der Waals surface area contributed by atoms with Crippen LogP contribution in [0.1, 0.15) is 50.2 Å². The maximum absolute atomic E-state index is 4.28. The maximum atomic E-state index is 4.28. The molecule has 1 spiro atoms. The molecule has 0 amide bonds. The molecule has 0 unspecified atom stereocenters. The van der Waals surface area contributed by atoms with E-state index in [1.807, 2.05) is 5.51 Å². The van der Waals surface area contributed by atoms with Crippen LogP contribution in [0.3, 0.4) is 0 Å². The molecular weight excluding hydrogens is 328 g/mol. The lowest BCUT2D eigenvalue weighted by molar-refractivity contribution is 0.216. The summed E-state index contributed by atoms with van der Waals surface area (Å²) in [5.41, 5.74) is 5.17. The molecular formula is C20H28N4S. The molecule has 134 valence electrons. The fourth-order valence-electron chi connectivity index (χ4n) is 4.44. The highest BCUT2D eigenvalue weighted by Crippen LogP contribution is 2.40. The number of rotatable bonds is 4. The van der Waals surface area contributed by atoms with Crippen LogP contribution < -0.4 is 4.90 Å². The molecule has 2 aliphatic rings. The van der Waals surface area contributed by atoms with Crippen LogP contribution in [-0.4, -0.2) is 41.3 Å². The van der Waals surface area contributed by atoms with Gasteiger partial charge >= 0.3 is 0 Å². The van der Waals surface area contributed by atoms with E-state index in [0.717, 1.165) is 24.8 Å². The number of hydrogen-bond acceptors (Lipinski definition) is 5. The second kappa shape index (κ2) is 7.04. The smallest absolute Gasteiger partial charge is 0.208 e. The summed E-state index contributed by atoms with van der Waals surface area (Å²) in [6, 6.07) is 9.22. The summed E-state index contributed by atoms with van der Waals surface area (Å²) in [6.07, 6.45) is 3.94. The van der Waals surface area contributed by atoms with Crippen LogP contribution in [0.15, 0.2) is 29.8 Å². The molecule has 0 bridgehead atoms.